The van der Waals surface area contributed by atoms with Crippen molar-refractivity contribution in [1.82, 2.24) is 10.5 Å². The van der Waals surface area contributed by atoms with Gasteiger partial charge in [-0.3, -0.25) is 4.79 Å². The van der Waals surface area contributed by atoms with Crippen LogP contribution in [0.1, 0.15) is 40.2 Å². The Bertz CT molecular complexity index is 705. The molecule has 1 aliphatic carbocycles. The minimum Gasteiger partial charge on any atom is -0.361 e. The molecule has 0 saturated heterocycles. The number of carbonyl (C=O) groups excluding carboxylic acids is 1. The maximum atomic E-state index is 12.7. The highest BCUT2D eigenvalue weighted by molar-refractivity contribution is 7.98. The molecule has 3 rings (SSSR count). The Morgan fingerprint density at radius 3 is 2.79 bits per heavy atom. The Labute approximate surface area is 146 Å². The molecule has 24 heavy (non-hydrogen) atoms. The van der Waals surface area contributed by atoms with Gasteiger partial charge in [0.05, 0.1) is 11.3 Å². The van der Waals surface area contributed by atoms with Gasteiger partial charge in [-0.2, -0.15) is 0 Å². The van der Waals surface area contributed by atoms with Gasteiger partial charge in [-0.05, 0) is 44.7 Å². The standard InChI is InChI=1S/C18H23N3O2S/c1-11-15(12(2)23-21-11)10-24-17-6-4-3-5-14(17)18(22)20-16(9-19)13-7-8-13/h3-6,13,16H,7-10,19H2,1-2H3,(H,20,22). The number of nitrogens with two attached hydrogens (primary N) is 1. The number of nitrogens with zero attached hydrogens (tertiary/aromatic N) is 1. The van der Waals surface area contributed by atoms with Crippen LogP contribution >= 0.6 is 11.8 Å². The maximum Gasteiger partial charge on any atom is 0.252 e. The van der Waals surface area contributed by atoms with Crippen molar-refractivity contribution in [3.8, 4) is 0 Å². The topological polar surface area (TPSA) is 81.2 Å². The Morgan fingerprint density at radius 1 is 1.42 bits per heavy atom. The van der Waals surface area contributed by atoms with E-state index in [0.717, 1.165) is 40.5 Å². The number of aromatic nitrogens is 1. The number of thioether (sulfide) groups is 1. The molecule has 1 aromatic carbocycles. The van der Waals surface area contributed by atoms with Crippen molar-refractivity contribution >= 4 is 17.7 Å². The number of rotatable bonds is 7. The van der Waals surface area contributed by atoms with Crippen molar-refractivity contribution in [1.29, 1.82) is 0 Å². The van der Waals surface area contributed by atoms with Gasteiger partial charge in [0.25, 0.3) is 5.91 Å². The van der Waals surface area contributed by atoms with Gasteiger partial charge in [0, 0.05) is 28.8 Å². The van der Waals surface area contributed by atoms with Crippen LogP contribution < -0.4 is 11.1 Å². The van der Waals surface area contributed by atoms with E-state index >= 15 is 0 Å². The zero-order valence-corrected chi connectivity index (χ0v) is 14.9. The van der Waals surface area contributed by atoms with Crippen LogP contribution in [0.5, 0.6) is 0 Å². The fourth-order valence-corrected chi connectivity index (χ4v) is 3.95. The predicted octanol–water partition coefficient (Wildman–Crippen LogP) is 3.05. The second-order valence-corrected chi connectivity index (χ2v) is 7.26. The van der Waals surface area contributed by atoms with Crippen LogP contribution in [-0.2, 0) is 5.75 Å². The summed E-state index contributed by atoms with van der Waals surface area (Å²) in [5.41, 5.74) is 8.49. The summed E-state index contributed by atoms with van der Waals surface area (Å²) < 4.78 is 5.21. The van der Waals surface area contributed by atoms with Gasteiger partial charge in [-0.1, -0.05) is 17.3 Å². The third-order valence-corrected chi connectivity index (χ3v) is 5.55. The Kier molecular flexibility index (Phi) is 5.26. The van der Waals surface area contributed by atoms with Crippen LogP contribution in [0.3, 0.4) is 0 Å². The summed E-state index contributed by atoms with van der Waals surface area (Å²) in [5.74, 6) is 2.06. The molecule has 128 valence electrons. The second-order valence-electron chi connectivity index (χ2n) is 6.24. The molecule has 1 amide bonds. The molecular weight excluding hydrogens is 322 g/mol. The number of benzene rings is 1. The summed E-state index contributed by atoms with van der Waals surface area (Å²) >= 11 is 1.63. The largest absolute Gasteiger partial charge is 0.361 e. The summed E-state index contributed by atoms with van der Waals surface area (Å²) in [5, 5.41) is 7.07. The SMILES string of the molecule is Cc1noc(C)c1CSc1ccccc1C(=O)NC(CN)C1CC1. The molecule has 1 atom stereocenters. The fourth-order valence-electron chi connectivity index (χ4n) is 2.75. The first-order valence-electron chi connectivity index (χ1n) is 8.24. The van der Waals surface area contributed by atoms with E-state index in [4.69, 9.17) is 10.3 Å². The molecular formula is C18H23N3O2S. The lowest BCUT2D eigenvalue weighted by molar-refractivity contribution is 0.0930. The number of aryl methyl sites for hydroxylation is 2. The van der Waals surface area contributed by atoms with Crippen LogP contribution in [-0.4, -0.2) is 23.7 Å². The van der Waals surface area contributed by atoms with Gasteiger partial charge in [0.1, 0.15) is 5.76 Å². The van der Waals surface area contributed by atoms with Gasteiger partial charge in [-0.15, -0.1) is 11.8 Å². The third kappa shape index (κ3) is 3.82. The van der Waals surface area contributed by atoms with Crippen LogP contribution in [0.25, 0.3) is 0 Å². The van der Waals surface area contributed by atoms with Crippen molar-refractivity contribution in [3.05, 3.63) is 46.8 Å². The van der Waals surface area contributed by atoms with E-state index in [1.165, 1.54) is 0 Å². The van der Waals surface area contributed by atoms with E-state index in [-0.39, 0.29) is 11.9 Å². The molecule has 0 radical (unpaired) electrons. The van der Waals surface area contributed by atoms with E-state index in [2.05, 4.69) is 10.5 Å². The van der Waals surface area contributed by atoms with Gasteiger partial charge in [0.15, 0.2) is 0 Å². The maximum absolute atomic E-state index is 12.7. The molecule has 1 fully saturated rings. The van der Waals surface area contributed by atoms with Crippen molar-refractivity contribution < 1.29 is 9.32 Å². The summed E-state index contributed by atoms with van der Waals surface area (Å²) in [4.78, 5) is 13.6. The Hall–Kier alpha value is -1.79. The average Bonchev–Trinajstić information content (AvgIpc) is 3.38. The van der Waals surface area contributed by atoms with E-state index < -0.39 is 0 Å². The quantitative estimate of drug-likeness (QED) is 0.754. The normalized spacial score (nSPS) is 15.3. The van der Waals surface area contributed by atoms with E-state index in [9.17, 15) is 4.79 Å². The lowest BCUT2D eigenvalue weighted by Gasteiger charge is -2.17. The van der Waals surface area contributed by atoms with Crippen LogP contribution in [0.15, 0.2) is 33.7 Å². The highest BCUT2D eigenvalue weighted by Crippen LogP contribution is 2.33. The predicted molar refractivity (Wildman–Crippen MR) is 95.0 cm³/mol. The molecule has 5 nitrogen and oxygen atoms in total. The molecule has 1 aromatic heterocycles. The van der Waals surface area contributed by atoms with Crippen molar-refractivity contribution in [3.63, 3.8) is 0 Å². The first-order valence-corrected chi connectivity index (χ1v) is 9.23. The molecule has 0 bridgehead atoms. The van der Waals surface area contributed by atoms with Crippen LogP contribution in [0.4, 0.5) is 0 Å². The monoisotopic (exact) mass is 345 g/mol. The van der Waals surface area contributed by atoms with E-state index in [1.54, 1.807) is 11.8 Å². The van der Waals surface area contributed by atoms with Crippen molar-refractivity contribution in [2.45, 2.75) is 43.4 Å². The first-order chi connectivity index (χ1) is 11.6. The number of hydrogen-bond donors (Lipinski definition) is 2. The van der Waals surface area contributed by atoms with E-state index in [0.29, 0.717) is 18.0 Å². The van der Waals surface area contributed by atoms with Crippen molar-refractivity contribution in [2.24, 2.45) is 11.7 Å². The van der Waals surface area contributed by atoms with Gasteiger partial charge < -0.3 is 15.6 Å². The Balaban J connectivity index is 1.71. The van der Waals surface area contributed by atoms with Gasteiger partial charge in [0.2, 0.25) is 0 Å². The molecule has 0 spiro atoms. The molecule has 1 saturated carbocycles. The van der Waals surface area contributed by atoms with Gasteiger partial charge in [-0.25, -0.2) is 0 Å². The summed E-state index contributed by atoms with van der Waals surface area (Å²) in [6.45, 7) is 4.34. The fraction of sp³-hybridized carbons (Fsp3) is 0.444. The zero-order valence-electron chi connectivity index (χ0n) is 14.0. The summed E-state index contributed by atoms with van der Waals surface area (Å²) in [6, 6.07) is 7.77. The second kappa shape index (κ2) is 7.40. The molecule has 1 unspecified atom stereocenters. The number of hydrogen-bond acceptors (Lipinski definition) is 5. The zero-order chi connectivity index (χ0) is 17.1. The smallest absolute Gasteiger partial charge is 0.252 e. The number of carbonyl (C=O) groups is 1. The minimum absolute atomic E-state index is 0.0424. The first kappa shape index (κ1) is 17.0. The van der Waals surface area contributed by atoms with Crippen LogP contribution in [0, 0.1) is 19.8 Å². The molecule has 1 heterocycles. The Morgan fingerprint density at radius 2 is 2.17 bits per heavy atom. The lowest BCUT2D eigenvalue weighted by Crippen LogP contribution is -2.41. The number of nitrogens with one attached hydrogen (secondary N) is 1. The highest BCUT2D eigenvalue weighted by Gasteiger charge is 2.31. The molecule has 3 N–H and O–H groups in total. The lowest BCUT2D eigenvalue weighted by atomic mass is 10.1. The molecule has 6 heteroatoms. The summed E-state index contributed by atoms with van der Waals surface area (Å²) in [6.07, 6.45) is 2.31. The molecule has 1 aliphatic rings. The third-order valence-electron chi connectivity index (χ3n) is 4.45. The molecule has 2 aromatic rings. The summed E-state index contributed by atoms with van der Waals surface area (Å²) in [7, 11) is 0. The number of amides is 1. The minimum atomic E-state index is -0.0424. The van der Waals surface area contributed by atoms with Gasteiger partial charge >= 0.3 is 0 Å². The molecule has 0 aliphatic heterocycles. The van der Waals surface area contributed by atoms with Crippen LogP contribution in [0.2, 0.25) is 0 Å². The van der Waals surface area contributed by atoms with Crippen molar-refractivity contribution in [2.75, 3.05) is 6.54 Å². The van der Waals surface area contributed by atoms with E-state index in [1.807, 2.05) is 38.1 Å². The average molecular weight is 345 g/mol. The highest BCUT2D eigenvalue weighted by atomic mass is 32.2.